The molecule has 24 heavy (non-hydrogen) atoms. The van der Waals surface area contributed by atoms with Crippen molar-refractivity contribution in [1.82, 2.24) is 4.90 Å². The van der Waals surface area contributed by atoms with Crippen LogP contribution in [-0.4, -0.2) is 35.2 Å². The Morgan fingerprint density at radius 3 is 2.25 bits per heavy atom. The Morgan fingerprint density at radius 2 is 1.54 bits per heavy atom. The molecule has 0 amide bonds. The van der Waals surface area contributed by atoms with Crippen LogP contribution in [0.1, 0.15) is 29.5 Å². The molecule has 1 fully saturated rings. The number of nitrogens with one attached hydrogen (secondary N) is 1. The topological polar surface area (TPSA) is 35.5 Å². The van der Waals surface area contributed by atoms with Crippen LogP contribution in [0.2, 0.25) is 0 Å². The lowest BCUT2D eigenvalue weighted by molar-refractivity contribution is 0.0793. The molecule has 2 aromatic rings. The fourth-order valence-corrected chi connectivity index (χ4v) is 4.00. The first-order chi connectivity index (χ1) is 11.8. The summed E-state index contributed by atoms with van der Waals surface area (Å²) in [5.74, 6) is 0. The molecule has 0 saturated carbocycles. The van der Waals surface area contributed by atoms with Gasteiger partial charge in [-0.05, 0) is 48.4 Å². The average Bonchev–Trinajstić information content (AvgIpc) is 3.01. The van der Waals surface area contributed by atoms with Crippen LogP contribution in [0.3, 0.4) is 0 Å². The van der Waals surface area contributed by atoms with Crippen molar-refractivity contribution in [3.63, 3.8) is 0 Å². The number of aliphatic hydroxyl groups excluding tert-OH is 1. The number of para-hydroxylation sites is 1. The van der Waals surface area contributed by atoms with Crippen molar-refractivity contribution in [3.8, 4) is 0 Å². The number of anilines is 1. The van der Waals surface area contributed by atoms with Crippen LogP contribution in [0.4, 0.5) is 5.69 Å². The Balaban J connectivity index is 1.43. The van der Waals surface area contributed by atoms with Crippen molar-refractivity contribution < 1.29 is 5.11 Å². The van der Waals surface area contributed by atoms with Gasteiger partial charge in [0.2, 0.25) is 0 Å². The SMILES string of the molecule is OC1CCN(Cc2ccccc2NC2Cc3ccccc3C2)CC1. The Hall–Kier alpha value is -1.84. The van der Waals surface area contributed by atoms with Gasteiger partial charge < -0.3 is 10.4 Å². The van der Waals surface area contributed by atoms with E-state index in [0.717, 1.165) is 45.3 Å². The van der Waals surface area contributed by atoms with Crippen molar-refractivity contribution in [2.75, 3.05) is 18.4 Å². The summed E-state index contributed by atoms with van der Waals surface area (Å²) in [5.41, 5.74) is 5.60. The molecule has 0 unspecified atom stereocenters. The van der Waals surface area contributed by atoms with E-state index in [0.29, 0.717) is 6.04 Å². The number of rotatable bonds is 4. The van der Waals surface area contributed by atoms with Crippen LogP contribution < -0.4 is 5.32 Å². The summed E-state index contributed by atoms with van der Waals surface area (Å²) < 4.78 is 0. The number of likely N-dealkylation sites (tertiary alicyclic amines) is 1. The predicted octanol–water partition coefficient (Wildman–Crippen LogP) is 3.22. The molecule has 1 heterocycles. The van der Waals surface area contributed by atoms with Crippen LogP contribution in [0, 0.1) is 0 Å². The van der Waals surface area contributed by atoms with Crippen molar-refractivity contribution in [3.05, 3.63) is 65.2 Å². The third-order valence-electron chi connectivity index (χ3n) is 5.38. The molecule has 0 bridgehead atoms. The molecular formula is C21H26N2O. The summed E-state index contributed by atoms with van der Waals surface area (Å²) in [6, 6.07) is 18.0. The van der Waals surface area contributed by atoms with Gasteiger partial charge in [0.1, 0.15) is 0 Å². The summed E-state index contributed by atoms with van der Waals surface area (Å²) in [6.45, 7) is 2.95. The molecule has 2 aromatic carbocycles. The zero-order chi connectivity index (χ0) is 16.4. The number of aliphatic hydroxyl groups is 1. The highest BCUT2D eigenvalue weighted by Crippen LogP contribution is 2.27. The molecular weight excluding hydrogens is 296 g/mol. The Bertz CT molecular complexity index is 667. The molecule has 0 radical (unpaired) electrons. The molecule has 4 rings (SSSR count). The maximum atomic E-state index is 9.68. The van der Waals surface area contributed by atoms with Gasteiger partial charge in [-0.25, -0.2) is 0 Å². The van der Waals surface area contributed by atoms with Gasteiger partial charge in [-0.1, -0.05) is 42.5 Å². The number of hydrogen-bond acceptors (Lipinski definition) is 3. The number of piperidine rings is 1. The van der Waals surface area contributed by atoms with Gasteiger partial charge >= 0.3 is 0 Å². The summed E-state index contributed by atoms with van der Waals surface area (Å²) in [5, 5.41) is 13.5. The van der Waals surface area contributed by atoms with Crippen molar-refractivity contribution in [2.24, 2.45) is 0 Å². The number of nitrogens with zero attached hydrogens (tertiary/aromatic N) is 1. The molecule has 0 spiro atoms. The van der Waals surface area contributed by atoms with E-state index in [-0.39, 0.29) is 6.10 Å². The second-order valence-corrected chi connectivity index (χ2v) is 7.18. The largest absolute Gasteiger partial charge is 0.393 e. The van der Waals surface area contributed by atoms with Gasteiger partial charge in [-0.3, -0.25) is 4.90 Å². The second-order valence-electron chi connectivity index (χ2n) is 7.18. The van der Waals surface area contributed by atoms with E-state index < -0.39 is 0 Å². The van der Waals surface area contributed by atoms with Crippen molar-refractivity contribution in [1.29, 1.82) is 0 Å². The third kappa shape index (κ3) is 3.47. The lowest BCUT2D eigenvalue weighted by Crippen LogP contribution is -2.35. The molecule has 126 valence electrons. The maximum absolute atomic E-state index is 9.68. The van der Waals surface area contributed by atoms with Gasteiger partial charge in [-0.15, -0.1) is 0 Å². The van der Waals surface area contributed by atoms with Crippen LogP contribution in [0.15, 0.2) is 48.5 Å². The minimum Gasteiger partial charge on any atom is -0.393 e. The zero-order valence-corrected chi connectivity index (χ0v) is 14.1. The molecule has 0 aromatic heterocycles. The summed E-state index contributed by atoms with van der Waals surface area (Å²) in [4.78, 5) is 2.45. The fraction of sp³-hybridized carbons (Fsp3) is 0.429. The second kappa shape index (κ2) is 6.96. The minimum atomic E-state index is -0.105. The van der Waals surface area contributed by atoms with Gasteiger partial charge in [0.15, 0.2) is 0 Å². The standard InChI is InChI=1S/C21H26N2O/c24-20-9-11-23(12-10-20)15-18-7-3-4-8-21(18)22-19-13-16-5-1-2-6-17(16)14-19/h1-8,19-20,22,24H,9-15H2. The van der Waals surface area contributed by atoms with Gasteiger partial charge in [0.05, 0.1) is 6.10 Å². The average molecular weight is 322 g/mol. The van der Waals surface area contributed by atoms with Crippen molar-refractivity contribution in [2.45, 2.75) is 44.4 Å². The fourth-order valence-electron chi connectivity index (χ4n) is 4.00. The first-order valence-electron chi connectivity index (χ1n) is 9.09. The Kier molecular flexibility index (Phi) is 4.54. The van der Waals surface area contributed by atoms with E-state index in [9.17, 15) is 5.11 Å². The highest BCUT2D eigenvalue weighted by Gasteiger charge is 2.22. The molecule has 2 N–H and O–H groups in total. The Morgan fingerprint density at radius 1 is 0.917 bits per heavy atom. The van der Waals surface area contributed by atoms with Crippen LogP contribution in [0.5, 0.6) is 0 Å². The monoisotopic (exact) mass is 322 g/mol. The van der Waals surface area contributed by atoms with Crippen LogP contribution >= 0.6 is 0 Å². The van der Waals surface area contributed by atoms with Crippen LogP contribution in [-0.2, 0) is 19.4 Å². The molecule has 0 atom stereocenters. The predicted molar refractivity (Wildman–Crippen MR) is 98.2 cm³/mol. The number of hydrogen-bond donors (Lipinski definition) is 2. The first-order valence-corrected chi connectivity index (χ1v) is 9.09. The molecule has 1 aliphatic heterocycles. The highest BCUT2D eigenvalue weighted by molar-refractivity contribution is 5.53. The quantitative estimate of drug-likeness (QED) is 0.907. The van der Waals surface area contributed by atoms with E-state index in [1.54, 1.807) is 0 Å². The van der Waals surface area contributed by atoms with E-state index in [1.807, 2.05) is 0 Å². The van der Waals surface area contributed by atoms with E-state index >= 15 is 0 Å². The lowest BCUT2D eigenvalue weighted by Gasteiger charge is -2.30. The van der Waals surface area contributed by atoms with Gasteiger partial charge in [0.25, 0.3) is 0 Å². The van der Waals surface area contributed by atoms with E-state index in [1.165, 1.54) is 22.4 Å². The smallest absolute Gasteiger partial charge is 0.0564 e. The molecule has 3 nitrogen and oxygen atoms in total. The Labute approximate surface area is 144 Å². The number of fused-ring (bicyclic) bond motifs is 1. The number of benzene rings is 2. The summed E-state index contributed by atoms with van der Waals surface area (Å²) in [6.07, 6.45) is 3.91. The molecule has 2 aliphatic rings. The molecule has 1 saturated heterocycles. The highest BCUT2D eigenvalue weighted by atomic mass is 16.3. The van der Waals surface area contributed by atoms with Gasteiger partial charge in [0, 0.05) is 31.4 Å². The normalized spacial score (nSPS) is 19.4. The first kappa shape index (κ1) is 15.7. The molecule has 1 aliphatic carbocycles. The molecule has 3 heteroatoms. The van der Waals surface area contributed by atoms with Crippen LogP contribution in [0.25, 0.3) is 0 Å². The lowest BCUT2D eigenvalue weighted by atomic mass is 10.1. The van der Waals surface area contributed by atoms with E-state index in [2.05, 4.69) is 58.7 Å². The maximum Gasteiger partial charge on any atom is 0.0564 e. The zero-order valence-electron chi connectivity index (χ0n) is 14.1. The third-order valence-corrected chi connectivity index (χ3v) is 5.38. The summed E-state index contributed by atoms with van der Waals surface area (Å²) in [7, 11) is 0. The minimum absolute atomic E-state index is 0.105. The van der Waals surface area contributed by atoms with E-state index in [4.69, 9.17) is 0 Å². The van der Waals surface area contributed by atoms with Gasteiger partial charge in [-0.2, -0.15) is 0 Å². The van der Waals surface area contributed by atoms with Crippen molar-refractivity contribution >= 4 is 5.69 Å². The summed E-state index contributed by atoms with van der Waals surface area (Å²) >= 11 is 0.